The lowest BCUT2D eigenvalue weighted by atomic mass is 10.2. The molecular weight excluding hydrogens is 287 g/mol. The van der Waals surface area contributed by atoms with Crippen LogP contribution >= 0.6 is 23.2 Å². The van der Waals surface area contributed by atoms with E-state index in [0.717, 1.165) is 0 Å². The van der Waals surface area contributed by atoms with Crippen molar-refractivity contribution in [2.45, 2.75) is 13.0 Å². The summed E-state index contributed by atoms with van der Waals surface area (Å²) in [6.45, 7) is 4.27. The zero-order valence-electron chi connectivity index (χ0n) is 10.7. The van der Waals surface area contributed by atoms with Crippen LogP contribution in [0.5, 0.6) is 0 Å². The standard InChI is InChI=1S/C13H16Cl2N2O2/c1-9(13(18)17-4-6-19-7-5-17)16-12-8-10(14)2-3-11(12)15/h2-3,8-9,16H,4-7H2,1H3. The van der Waals surface area contributed by atoms with E-state index in [4.69, 9.17) is 27.9 Å². The summed E-state index contributed by atoms with van der Waals surface area (Å²) >= 11 is 12.0. The molecule has 1 saturated heterocycles. The Morgan fingerprint density at radius 1 is 1.37 bits per heavy atom. The van der Waals surface area contributed by atoms with Gasteiger partial charge in [0.25, 0.3) is 0 Å². The molecule has 1 aliphatic rings. The zero-order chi connectivity index (χ0) is 13.8. The summed E-state index contributed by atoms with van der Waals surface area (Å²) in [6.07, 6.45) is 0. The molecule has 0 bridgehead atoms. The number of hydrogen-bond acceptors (Lipinski definition) is 3. The van der Waals surface area contributed by atoms with Crippen LogP contribution in [0.15, 0.2) is 18.2 Å². The fourth-order valence-corrected chi connectivity index (χ4v) is 2.30. The fourth-order valence-electron chi connectivity index (χ4n) is 1.96. The number of benzene rings is 1. The van der Waals surface area contributed by atoms with Crippen molar-refractivity contribution in [1.82, 2.24) is 4.90 Å². The monoisotopic (exact) mass is 302 g/mol. The molecule has 0 aromatic heterocycles. The number of carbonyl (C=O) groups excluding carboxylic acids is 1. The van der Waals surface area contributed by atoms with Gasteiger partial charge in [0, 0.05) is 18.1 Å². The number of hydrogen-bond donors (Lipinski definition) is 1. The van der Waals surface area contributed by atoms with Crippen LogP contribution in [0.2, 0.25) is 10.0 Å². The van der Waals surface area contributed by atoms with Crippen LogP contribution < -0.4 is 5.32 Å². The van der Waals surface area contributed by atoms with Crippen LogP contribution in [0.25, 0.3) is 0 Å². The summed E-state index contributed by atoms with van der Waals surface area (Å²) in [5.74, 6) is 0.0411. The molecule has 1 fully saturated rings. The van der Waals surface area contributed by atoms with Gasteiger partial charge in [0.05, 0.1) is 23.9 Å². The normalized spacial score (nSPS) is 17.1. The number of nitrogens with zero attached hydrogens (tertiary/aromatic N) is 1. The van der Waals surface area contributed by atoms with Gasteiger partial charge in [-0.2, -0.15) is 0 Å². The van der Waals surface area contributed by atoms with Crippen molar-refractivity contribution < 1.29 is 9.53 Å². The molecule has 1 aromatic rings. The highest BCUT2D eigenvalue weighted by atomic mass is 35.5. The van der Waals surface area contributed by atoms with Gasteiger partial charge in [-0.1, -0.05) is 23.2 Å². The van der Waals surface area contributed by atoms with Crippen LogP contribution in [0.3, 0.4) is 0 Å². The van der Waals surface area contributed by atoms with Crippen molar-refractivity contribution in [2.24, 2.45) is 0 Å². The molecule has 1 heterocycles. The van der Waals surface area contributed by atoms with Gasteiger partial charge in [-0.3, -0.25) is 4.79 Å². The highest BCUT2D eigenvalue weighted by molar-refractivity contribution is 6.35. The van der Waals surface area contributed by atoms with Crippen LogP contribution in [-0.2, 0) is 9.53 Å². The Hall–Kier alpha value is -0.970. The minimum absolute atomic E-state index is 0.0411. The van der Waals surface area contributed by atoms with Gasteiger partial charge in [-0.25, -0.2) is 0 Å². The summed E-state index contributed by atoms with van der Waals surface area (Å²) < 4.78 is 5.23. The maximum absolute atomic E-state index is 12.2. The molecule has 0 saturated carbocycles. The molecule has 1 aliphatic heterocycles. The lowest BCUT2D eigenvalue weighted by molar-refractivity contribution is -0.135. The second kappa shape index (κ2) is 6.46. The summed E-state index contributed by atoms with van der Waals surface area (Å²) in [4.78, 5) is 14.0. The third kappa shape index (κ3) is 3.75. The highest BCUT2D eigenvalue weighted by Gasteiger charge is 2.22. The topological polar surface area (TPSA) is 41.6 Å². The number of halogens is 2. The quantitative estimate of drug-likeness (QED) is 0.933. The molecule has 4 nitrogen and oxygen atoms in total. The van der Waals surface area contributed by atoms with Gasteiger partial charge < -0.3 is 15.0 Å². The first-order valence-electron chi connectivity index (χ1n) is 6.16. The van der Waals surface area contributed by atoms with Gasteiger partial charge in [-0.05, 0) is 25.1 Å². The van der Waals surface area contributed by atoms with E-state index in [9.17, 15) is 4.79 Å². The zero-order valence-corrected chi connectivity index (χ0v) is 12.2. The number of anilines is 1. The Morgan fingerprint density at radius 3 is 2.74 bits per heavy atom. The number of nitrogens with one attached hydrogen (secondary N) is 1. The second-order valence-corrected chi connectivity index (χ2v) is 5.27. The predicted octanol–water partition coefficient (Wildman–Crippen LogP) is 2.65. The van der Waals surface area contributed by atoms with Gasteiger partial charge >= 0.3 is 0 Å². The van der Waals surface area contributed by atoms with Crippen molar-refractivity contribution in [1.29, 1.82) is 0 Å². The lowest BCUT2D eigenvalue weighted by Crippen LogP contribution is -2.47. The largest absolute Gasteiger partial charge is 0.378 e. The summed E-state index contributed by atoms with van der Waals surface area (Å²) in [6, 6.07) is 4.78. The van der Waals surface area contributed by atoms with Crippen LogP contribution in [0, 0.1) is 0 Å². The van der Waals surface area contributed by atoms with Gasteiger partial charge in [0.15, 0.2) is 0 Å². The van der Waals surface area contributed by atoms with Crippen molar-refractivity contribution in [3.63, 3.8) is 0 Å². The van der Waals surface area contributed by atoms with Crippen LogP contribution in [-0.4, -0.2) is 43.2 Å². The molecule has 1 atom stereocenters. The molecule has 1 N–H and O–H groups in total. The maximum atomic E-state index is 12.2. The van der Waals surface area contributed by atoms with E-state index < -0.39 is 0 Å². The van der Waals surface area contributed by atoms with E-state index in [1.165, 1.54) is 0 Å². The highest BCUT2D eigenvalue weighted by Crippen LogP contribution is 2.26. The van der Waals surface area contributed by atoms with Gasteiger partial charge in [-0.15, -0.1) is 0 Å². The Kier molecular flexibility index (Phi) is 4.91. The number of rotatable bonds is 3. The van der Waals surface area contributed by atoms with Crippen LogP contribution in [0.1, 0.15) is 6.92 Å². The molecule has 19 heavy (non-hydrogen) atoms. The van der Waals surface area contributed by atoms with Crippen molar-refractivity contribution in [3.8, 4) is 0 Å². The third-order valence-electron chi connectivity index (χ3n) is 2.99. The Morgan fingerprint density at radius 2 is 2.05 bits per heavy atom. The molecule has 0 radical (unpaired) electrons. The molecule has 0 spiro atoms. The van der Waals surface area contributed by atoms with E-state index in [1.807, 2.05) is 6.92 Å². The second-order valence-electron chi connectivity index (χ2n) is 4.43. The first-order chi connectivity index (χ1) is 9.08. The number of ether oxygens (including phenoxy) is 1. The maximum Gasteiger partial charge on any atom is 0.244 e. The van der Waals surface area contributed by atoms with E-state index in [1.54, 1.807) is 23.1 Å². The fraction of sp³-hybridized carbons (Fsp3) is 0.462. The number of carbonyl (C=O) groups is 1. The average molecular weight is 303 g/mol. The smallest absolute Gasteiger partial charge is 0.244 e. The van der Waals surface area contributed by atoms with E-state index >= 15 is 0 Å². The number of morpholine rings is 1. The predicted molar refractivity (Wildman–Crippen MR) is 76.9 cm³/mol. The number of amides is 1. The van der Waals surface area contributed by atoms with Crippen molar-refractivity contribution in [3.05, 3.63) is 28.2 Å². The molecule has 2 rings (SSSR count). The van der Waals surface area contributed by atoms with Crippen molar-refractivity contribution >= 4 is 34.8 Å². The molecule has 1 amide bonds. The SMILES string of the molecule is CC(Nc1cc(Cl)ccc1Cl)C(=O)N1CCOCC1. The lowest BCUT2D eigenvalue weighted by Gasteiger charge is -2.29. The summed E-state index contributed by atoms with van der Waals surface area (Å²) in [7, 11) is 0. The molecular formula is C13H16Cl2N2O2. The minimum atomic E-state index is -0.353. The van der Waals surface area contributed by atoms with E-state index in [0.29, 0.717) is 42.0 Å². The third-order valence-corrected chi connectivity index (χ3v) is 3.56. The molecule has 0 aliphatic carbocycles. The van der Waals surface area contributed by atoms with Crippen molar-refractivity contribution in [2.75, 3.05) is 31.6 Å². The Balaban J connectivity index is 2.01. The molecule has 1 unspecified atom stereocenters. The molecule has 104 valence electrons. The molecule has 6 heteroatoms. The van der Waals surface area contributed by atoms with Crippen LogP contribution in [0.4, 0.5) is 5.69 Å². The average Bonchev–Trinajstić information content (AvgIpc) is 2.43. The Labute approximate surface area is 122 Å². The van der Waals surface area contributed by atoms with E-state index in [2.05, 4.69) is 5.32 Å². The first kappa shape index (κ1) is 14.4. The first-order valence-corrected chi connectivity index (χ1v) is 6.91. The summed E-state index contributed by atoms with van der Waals surface area (Å²) in [5, 5.41) is 4.23. The van der Waals surface area contributed by atoms with Gasteiger partial charge in [0.2, 0.25) is 5.91 Å². The summed E-state index contributed by atoms with van der Waals surface area (Å²) in [5.41, 5.74) is 0.670. The van der Waals surface area contributed by atoms with E-state index in [-0.39, 0.29) is 11.9 Å². The Bertz CT molecular complexity index is 462. The van der Waals surface area contributed by atoms with Gasteiger partial charge in [0.1, 0.15) is 6.04 Å². The molecule has 1 aromatic carbocycles. The minimum Gasteiger partial charge on any atom is -0.378 e.